The number of nitrogens with zero attached hydrogens (tertiary/aromatic N) is 1. The molecule has 1 amide bonds. The lowest BCUT2D eigenvalue weighted by Crippen LogP contribution is -2.32. The van der Waals surface area contributed by atoms with E-state index >= 15 is 0 Å². The van der Waals surface area contributed by atoms with Crippen LogP contribution in [-0.2, 0) is 14.3 Å². The number of amides is 1. The number of carbonyl (C=O) groups excluding carboxylic acids is 2. The van der Waals surface area contributed by atoms with E-state index in [0.29, 0.717) is 52.2 Å². The summed E-state index contributed by atoms with van der Waals surface area (Å²) in [7, 11) is 5.96. The van der Waals surface area contributed by atoms with Gasteiger partial charge in [-0.15, -0.1) is 0 Å². The summed E-state index contributed by atoms with van der Waals surface area (Å²) in [5.41, 5.74) is 1.61. The van der Waals surface area contributed by atoms with Crippen LogP contribution in [0.2, 0.25) is 0 Å². The highest BCUT2D eigenvalue weighted by Crippen LogP contribution is 2.45. The van der Waals surface area contributed by atoms with Crippen molar-refractivity contribution in [3.8, 4) is 23.0 Å². The highest BCUT2D eigenvalue weighted by atomic mass is 16.5. The zero-order valence-electron chi connectivity index (χ0n) is 22.4. The van der Waals surface area contributed by atoms with E-state index in [2.05, 4.69) is 13.8 Å². The molecule has 0 spiro atoms. The van der Waals surface area contributed by atoms with Crippen molar-refractivity contribution in [2.75, 3.05) is 48.2 Å². The van der Waals surface area contributed by atoms with Crippen molar-refractivity contribution in [1.29, 1.82) is 0 Å². The molecule has 3 rings (SSSR count). The monoisotopic (exact) mass is 513 g/mol. The summed E-state index contributed by atoms with van der Waals surface area (Å²) in [6.07, 6.45) is 0. The lowest BCUT2D eigenvalue weighted by atomic mass is 9.93. The van der Waals surface area contributed by atoms with E-state index in [4.69, 9.17) is 23.7 Å². The molecular formula is C28H35NO8. The predicted octanol–water partition coefficient (Wildman–Crippen LogP) is 4.12. The highest BCUT2D eigenvalue weighted by Gasteiger charge is 2.46. The van der Waals surface area contributed by atoms with Crippen molar-refractivity contribution < 1.29 is 38.4 Å². The molecule has 2 aromatic carbocycles. The van der Waals surface area contributed by atoms with Gasteiger partial charge in [-0.05, 0) is 54.3 Å². The molecule has 0 bridgehead atoms. The van der Waals surface area contributed by atoms with Crippen LogP contribution in [0.5, 0.6) is 23.0 Å². The fourth-order valence-corrected chi connectivity index (χ4v) is 4.31. The van der Waals surface area contributed by atoms with Crippen LogP contribution in [0, 0.1) is 12.8 Å². The van der Waals surface area contributed by atoms with Crippen molar-refractivity contribution in [2.45, 2.75) is 26.8 Å². The minimum atomic E-state index is -0.903. The molecule has 1 heterocycles. The minimum Gasteiger partial charge on any atom is -0.507 e. The molecule has 1 aliphatic rings. The van der Waals surface area contributed by atoms with Gasteiger partial charge in [0.15, 0.2) is 11.5 Å². The Morgan fingerprint density at radius 1 is 1.00 bits per heavy atom. The third kappa shape index (κ3) is 5.67. The van der Waals surface area contributed by atoms with Crippen molar-refractivity contribution in [2.24, 2.45) is 5.92 Å². The quantitative estimate of drug-likeness (QED) is 0.272. The maximum atomic E-state index is 13.3. The Kier molecular flexibility index (Phi) is 9.04. The molecule has 1 unspecified atom stereocenters. The summed E-state index contributed by atoms with van der Waals surface area (Å²) in [4.78, 5) is 27.8. The molecular weight excluding hydrogens is 478 g/mol. The molecule has 1 N–H and O–H groups in total. The number of likely N-dealkylation sites (tertiary alicyclic amines) is 1. The molecule has 1 aliphatic heterocycles. The van der Waals surface area contributed by atoms with Crippen LogP contribution >= 0.6 is 0 Å². The molecule has 1 saturated heterocycles. The first-order valence-electron chi connectivity index (χ1n) is 12.0. The van der Waals surface area contributed by atoms with Gasteiger partial charge in [0.05, 0.1) is 46.2 Å². The van der Waals surface area contributed by atoms with Crippen LogP contribution < -0.4 is 18.9 Å². The summed E-state index contributed by atoms with van der Waals surface area (Å²) in [5, 5.41) is 11.4. The minimum absolute atomic E-state index is 0.0330. The van der Waals surface area contributed by atoms with Gasteiger partial charge in [0.25, 0.3) is 11.7 Å². The van der Waals surface area contributed by atoms with Crippen LogP contribution in [0.3, 0.4) is 0 Å². The maximum Gasteiger partial charge on any atom is 0.295 e. The van der Waals surface area contributed by atoms with Crippen LogP contribution in [0.25, 0.3) is 5.76 Å². The molecule has 37 heavy (non-hydrogen) atoms. The summed E-state index contributed by atoms with van der Waals surface area (Å²) in [5.74, 6) is 0.313. The summed E-state index contributed by atoms with van der Waals surface area (Å²) < 4.78 is 27.4. The molecule has 0 radical (unpaired) electrons. The molecule has 2 aromatic rings. The van der Waals surface area contributed by atoms with Gasteiger partial charge >= 0.3 is 0 Å². The lowest BCUT2D eigenvalue weighted by Gasteiger charge is -2.26. The first-order valence-corrected chi connectivity index (χ1v) is 12.0. The number of aliphatic hydroxyl groups is 1. The number of benzene rings is 2. The number of rotatable bonds is 11. The van der Waals surface area contributed by atoms with Crippen LogP contribution in [0.15, 0.2) is 35.9 Å². The Morgan fingerprint density at radius 3 is 2.16 bits per heavy atom. The lowest BCUT2D eigenvalue weighted by molar-refractivity contribution is -0.140. The molecule has 9 nitrogen and oxygen atoms in total. The molecule has 1 fully saturated rings. The van der Waals surface area contributed by atoms with Crippen molar-refractivity contribution in [1.82, 2.24) is 4.90 Å². The van der Waals surface area contributed by atoms with Gasteiger partial charge in [-0.25, -0.2) is 0 Å². The summed E-state index contributed by atoms with van der Waals surface area (Å²) >= 11 is 0. The molecule has 0 aromatic heterocycles. The number of ether oxygens (including phenoxy) is 5. The maximum absolute atomic E-state index is 13.3. The van der Waals surface area contributed by atoms with Gasteiger partial charge in [0.2, 0.25) is 5.75 Å². The largest absolute Gasteiger partial charge is 0.507 e. The van der Waals surface area contributed by atoms with E-state index in [1.165, 1.54) is 33.3 Å². The second kappa shape index (κ2) is 12.0. The van der Waals surface area contributed by atoms with E-state index in [9.17, 15) is 14.7 Å². The standard InChI is InChI=1S/C28H35NO8/c1-16(2)15-37-19-8-9-20(17(3)12-19)25(30)23-24(29(10-11-33-4)28(32)26(23)31)18-13-21(34-5)27(36-7)22(14-18)35-6/h8-9,12-14,16,24,30H,10-11,15H2,1-7H3. The van der Waals surface area contributed by atoms with Gasteiger partial charge in [-0.1, -0.05) is 13.8 Å². The fourth-order valence-electron chi connectivity index (χ4n) is 4.31. The second-order valence-corrected chi connectivity index (χ2v) is 9.13. The van der Waals surface area contributed by atoms with Gasteiger partial charge < -0.3 is 33.7 Å². The Balaban J connectivity index is 2.19. The zero-order valence-corrected chi connectivity index (χ0v) is 22.4. The molecule has 200 valence electrons. The van der Waals surface area contributed by atoms with E-state index in [1.54, 1.807) is 30.3 Å². The van der Waals surface area contributed by atoms with Gasteiger partial charge in [0.1, 0.15) is 11.5 Å². The number of Topliss-reactive ketones (excluding diaryl/α,β-unsaturated/α-hetero) is 1. The second-order valence-electron chi connectivity index (χ2n) is 9.13. The average molecular weight is 514 g/mol. The third-order valence-corrected chi connectivity index (χ3v) is 6.12. The first kappa shape index (κ1) is 27.9. The van der Waals surface area contributed by atoms with Crippen molar-refractivity contribution in [3.05, 3.63) is 52.6 Å². The summed E-state index contributed by atoms with van der Waals surface area (Å²) in [6, 6.07) is 7.66. The first-order chi connectivity index (χ1) is 17.7. The SMILES string of the molecule is COCCN1C(=O)C(=O)C(=C(O)c2ccc(OCC(C)C)cc2C)C1c1cc(OC)c(OC)c(OC)c1. The fraction of sp³-hybridized carbons (Fsp3) is 0.429. The predicted molar refractivity (Wildman–Crippen MR) is 138 cm³/mol. The van der Waals surface area contributed by atoms with Gasteiger partial charge in [-0.3, -0.25) is 9.59 Å². The molecule has 9 heteroatoms. The summed E-state index contributed by atoms with van der Waals surface area (Å²) in [6.45, 7) is 6.82. The van der Waals surface area contributed by atoms with Crippen LogP contribution in [0.1, 0.15) is 36.6 Å². The average Bonchev–Trinajstić information content (AvgIpc) is 3.14. The number of carbonyl (C=O) groups is 2. The van der Waals surface area contributed by atoms with Crippen molar-refractivity contribution >= 4 is 17.4 Å². The normalized spacial score (nSPS) is 16.9. The van der Waals surface area contributed by atoms with E-state index < -0.39 is 17.7 Å². The third-order valence-electron chi connectivity index (χ3n) is 6.12. The number of hydrogen-bond acceptors (Lipinski definition) is 8. The number of hydrogen-bond donors (Lipinski definition) is 1. The van der Waals surface area contributed by atoms with Gasteiger partial charge in [0, 0.05) is 19.2 Å². The van der Waals surface area contributed by atoms with E-state index in [1.807, 2.05) is 6.92 Å². The Morgan fingerprint density at radius 2 is 1.65 bits per heavy atom. The molecule has 0 aliphatic carbocycles. The zero-order chi connectivity index (χ0) is 27.3. The van der Waals surface area contributed by atoms with E-state index in [-0.39, 0.29) is 24.5 Å². The van der Waals surface area contributed by atoms with Crippen LogP contribution in [0.4, 0.5) is 0 Å². The van der Waals surface area contributed by atoms with Crippen LogP contribution in [-0.4, -0.2) is 69.9 Å². The highest BCUT2D eigenvalue weighted by molar-refractivity contribution is 6.46. The molecule has 1 atom stereocenters. The Labute approximate surface area is 217 Å². The van der Waals surface area contributed by atoms with Crippen molar-refractivity contribution in [3.63, 3.8) is 0 Å². The number of ketones is 1. The van der Waals surface area contributed by atoms with E-state index in [0.717, 1.165) is 0 Å². The number of aryl methyl sites for hydroxylation is 1. The Bertz CT molecular complexity index is 1160. The smallest absolute Gasteiger partial charge is 0.295 e. The number of methoxy groups -OCH3 is 4. The topological polar surface area (TPSA) is 104 Å². The number of aliphatic hydroxyl groups excluding tert-OH is 1. The van der Waals surface area contributed by atoms with Gasteiger partial charge in [-0.2, -0.15) is 0 Å². The Hall–Kier alpha value is -3.72. The molecule has 0 saturated carbocycles.